The molecular formula is C19H20FNO3. The second-order valence-electron chi connectivity index (χ2n) is 5.74. The molecule has 1 amide bonds. The van der Waals surface area contributed by atoms with Gasteiger partial charge in [-0.1, -0.05) is 37.3 Å². The summed E-state index contributed by atoms with van der Waals surface area (Å²) in [7, 11) is 0. The van der Waals surface area contributed by atoms with Crippen molar-refractivity contribution in [2.75, 3.05) is 6.54 Å². The molecular weight excluding hydrogens is 309 g/mol. The van der Waals surface area contributed by atoms with Gasteiger partial charge in [0.05, 0.1) is 5.56 Å². The molecule has 0 aliphatic heterocycles. The Labute approximate surface area is 140 Å². The Morgan fingerprint density at radius 2 is 1.79 bits per heavy atom. The number of halogens is 1. The van der Waals surface area contributed by atoms with E-state index in [1.807, 2.05) is 0 Å². The number of nitrogens with one attached hydrogen (secondary N) is 1. The maximum atomic E-state index is 13.6. The van der Waals surface area contributed by atoms with Gasteiger partial charge in [-0.05, 0) is 42.2 Å². The largest absolute Gasteiger partial charge is 0.478 e. The molecule has 0 radical (unpaired) electrons. The monoisotopic (exact) mass is 329 g/mol. The van der Waals surface area contributed by atoms with Crippen molar-refractivity contribution in [2.24, 2.45) is 5.92 Å². The quantitative estimate of drug-likeness (QED) is 0.820. The molecule has 2 aromatic carbocycles. The minimum absolute atomic E-state index is 0.125. The molecule has 0 aliphatic rings. The molecule has 2 aromatic rings. The van der Waals surface area contributed by atoms with Crippen LogP contribution in [0.2, 0.25) is 0 Å². The van der Waals surface area contributed by atoms with Gasteiger partial charge < -0.3 is 10.4 Å². The fourth-order valence-electron chi connectivity index (χ4n) is 2.40. The van der Waals surface area contributed by atoms with E-state index in [2.05, 4.69) is 5.32 Å². The number of hydrogen-bond donors (Lipinski definition) is 2. The van der Waals surface area contributed by atoms with Crippen LogP contribution >= 0.6 is 0 Å². The predicted octanol–water partition coefficient (Wildman–Crippen LogP) is 3.06. The summed E-state index contributed by atoms with van der Waals surface area (Å²) in [6.45, 7) is 2.22. The zero-order chi connectivity index (χ0) is 17.5. The van der Waals surface area contributed by atoms with Crippen LogP contribution in [0.1, 0.15) is 28.4 Å². The topological polar surface area (TPSA) is 66.4 Å². The van der Waals surface area contributed by atoms with Gasteiger partial charge in [-0.3, -0.25) is 4.79 Å². The second kappa shape index (κ2) is 8.24. The Morgan fingerprint density at radius 3 is 2.42 bits per heavy atom. The highest BCUT2D eigenvalue weighted by atomic mass is 19.1. The summed E-state index contributed by atoms with van der Waals surface area (Å²) in [5.41, 5.74) is 1.72. The highest BCUT2D eigenvalue weighted by Gasteiger charge is 2.15. The van der Waals surface area contributed by atoms with Crippen molar-refractivity contribution in [3.63, 3.8) is 0 Å². The molecule has 0 bridgehead atoms. The van der Waals surface area contributed by atoms with E-state index in [4.69, 9.17) is 5.11 Å². The molecule has 0 spiro atoms. The van der Waals surface area contributed by atoms with Gasteiger partial charge in [0.15, 0.2) is 0 Å². The average molecular weight is 329 g/mol. The standard InChI is InChI=1S/C19H20FNO3/c1-13(12-16-4-2-3-5-17(16)20)18(22)21-11-10-14-6-8-15(9-7-14)19(23)24/h2-9,13H,10-12H2,1H3,(H,21,22)(H,23,24). The minimum Gasteiger partial charge on any atom is -0.478 e. The minimum atomic E-state index is -0.961. The Morgan fingerprint density at radius 1 is 1.12 bits per heavy atom. The summed E-state index contributed by atoms with van der Waals surface area (Å²) in [5.74, 6) is -1.70. The Bertz CT molecular complexity index is 713. The van der Waals surface area contributed by atoms with Crippen LogP contribution in [0.3, 0.4) is 0 Å². The van der Waals surface area contributed by atoms with Gasteiger partial charge in [0.25, 0.3) is 0 Å². The van der Waals surface area contributed by atoms with Crippen molar-refractivity contribution in [3.8, 4) is 0 Å². The van der Waals surface area contributed by atoms with Crippen molar-refractivity contribution < 1.29 is 19.1 Å². The van der Waals surface area contributed by atoms with E-state index in [0.29, 0.717) is 24.9 Å². The lowest BCUT2D eigenvalue weighted by atomic mass is 10.00. The Balaban J connectivity index is 1.80. The van der Waals surface area contributed by atoms with Crippen LogP contribution in [0, 0.1) is 11.7 Å². The van der Waals surface area contributed by atoms with Gasteiger partial charge in [-0.15, -0.1) is 0 Å². The van der Waals surface area contributed by atoms with Gasteiger partial charge >= 0.3 is 5.97 Å². The molecule has 4 nitrogen and oxygen atoms in total. The molecule has 0 fully saturated rings. The molecule has 2 rings (SSSR count). The van der Waals surface area contributed by atoms with Crippen molar-refractivity contribution in [1.82, 2.24) is 5.32 Å². The molecule has 2 N–H and O–H groups in total. The number of carboxylic acids is 1. The SMILES string of the molecule is CC(Cc1ccccc1F)C(=O)NCCc1ccc(C(=O)O)cc1. The van der Waals surface area contributed by atoms with Crippen LogP contribution in [-0.4, -0.2) is 23.5 Å². The van der Waals surface area contributed by atoms with Crippen molar-refractivity contribution in [1.29, 1.82) is 0 Å². The fourth-order valence-corrected chi connectivity index (χ4v) is 2.40. The summed E-state index contributed by atoms with van der Waals surface area (Å²) < 4.78 is 13.6. The Hall–Kier alpha value is -2.69. The number of benzene rings is 2. The molecule has 0 heterocycles. The van der Waals surface area contributed by atoms with Crippen molar-refractivity contribution >= 4 is 11.9 Å². The molecule has 126 valence electrons. The normalized spacial score (nSPS) is 11.8. The lowest BCUT2D eigenvalue weighted by Gasteiger charge is -2.13. The third-order valence-corrected chi connectivity index (χ3v) is 3.85. The number of carbonyl (C=O) groups is 2. The van der Waals surface area contributed by atoms with E-state index < -0.39 is 5.97 Å². The summed E-state index contributed by atoms with van der Waals surface area (Å²) in [6.07, 6.45) is 0.962. The van der Waals surface area contributed by atoms with Gasteiger partial charge in [-0.25, -0.2) is 9.18 Å². The third kappa shape index (κ3) is 4.91. The van der Waals surface area contributed by atoms with Crippen molar-refractivity contribution in [3.05, 3.63) is 71.0 Å². The number of rotatable bonds is 7. The first-order valence-corrected chi connectivity index (χ1v) is 7.80. The molecule has 0 saturated heterocycles. The average Bonchev–Trinajstić information content (AvgIpc) is 2.57. The number of carbonyl (C=O) groups excluding carboxylic acids is 1. The maximum absolute atomic E-state index is 13.6. The van der Waals surface area contributed by atoms with Gasteiger partial charge in [-0.2, -0.15) is 0 Å². The number of amides is 1. The molecule has 24 heavy (non-hydrogen) atoms. The van der Waals surface area contributed by atoms with E-state index in [1.54, 1.807) is 49.4 Å². The van der Waals surface area contributed by atoms with Crippen LogP contribution < -0.4 is 5.32 Å². The summed E-state index contributed by atoms with van der Waals surface area (Å²) >= 11 is 0. The second-order valence-corrected chi connectivity index (χ2v) is 5.74. The summed E-state index contributed by atoms with van der Waals surface area (Å²) in [4.78, 5) is 22.9. The van der Waals surface area contributed by atoms with E-state index in [9.17, 15) is 14.0 Å². The van der Waals surface area contributed by atoms with E-state index in [0.717, 1.165) is 5.56 Å². The number of hydrogen-bond acceptors (Lipinski definition) is 2. The molecule has 1 unspecified atom stereocenters. The summed E-state index contributed by atoms with van der Waals surface area (Å²) in [6, 6.07) is 13.0. The smallest absolute Gasteiger partial charge is 0.335 e. The van der Waals surface area contributed by atoms with Crippen LogP contribution in [0.25, 0.3) is 0 Å². The van der Waals surface area contributed by atoms with Crippen LogP contribution in [0.5, 0.6) is 0 Å². The van der Waals surface area contributed by atoms with E-state index >= 15 is 0 Å². The van der Waals surface area contributed by atoms with Crippen LogP contribution in [0.15, 0.2) is 48.5 Å². The van der Waals surface area contributed by atoms with Crippen LogP contribution in [-0.2, 0) is 17.6 Å². The molecule has 0 aromatic heterocycles. The number of carboxylic acid groups (broad SMARTS) is 1. The maximum Gasteiger partial charge on any atom is 0.335 e. The first kappa shape index (κ1) is 17.7. The molecule has 0 saturated carbocycles. The highest BCUT2D eigenvalue weighted by Crippen LogP contribution is 2.12. The van der Waals surface area contributed by atoms with Crippen molar-refractivity contribution in [2.45, 2.75) is 19.8 Å². The highest BCUT2D eigenvalue weighted by molar-refractivity contribution is 5.87. The molecule has 5 heteroatoms. The van der Waals surface area contributed by atoms with Crippen LogP contribution in [0.4, 0.5) is 4.39 Å². The number of aromatic carboxylic acids is 1. The Kier molecular flexibility index (Phi) is 6.07. The van der Waals surface area contributed by atoms with Gasteiger partial charge in [0.1, 0.15) is 5.82 Å². The zero-order valence-corrected chi connectivity index (χ0v) is 13.5. The fraction of sp³-hybridized carbons (Fsp3) is 0.263. The third-order valence-electron chi connectivity index (χ3n) is 3.85. The van der Waals surface area contributed by atoms with Gasteiger partial charge in [0.2, 0.25) is 5.91 Å². The lowest BCUT2D eigenvalue weighted by Crippen LogP contribution is -2.32. The first-order chi connectivity index (χ1) is 11.5. The van der Waals surface area contributed by atoms with Gasteiger partial charge in [0, 0.05) is 12.5 Å². The summed E-state index contributed by atoms with van der Waals surface area (Å²) in [5, 5.41) is 11.7. The zero-order valence-electron chi connectivity index (χ0n) is 13.5. The predicted molar refractivity (Wildman–Crippen MR) is 89.4 cm³/mol. The first-order valence-electron chi connectivity index (χ1n) is 7.80. The molecule has 1 atom stereocenters. The van der Waals surface area contributed by atoms with E-state index in [1.165, 1.54) is 6.07 Å². The van der Waals surface area contributed by atoms with E-state index in [-0.39, 0.29) is 23.2 Å². The lowest BCUT2D eigenvalue weighted by molar-refractivity contribution is -0.124. The molecule has 0 aliphatic carbocycles.